The number of amides is 1. The van der Waals surface area contributed by atoms with Crippen LogP contribution >= 0.6 is 11.6 Å². The zero-order valence-corrected chi connectivity index (χ0v) is 26.4. The zero-order chi connectivity index (χ0) is 30.0. The lowest BCUT2D eigenvalue weighted by molar-refractivity contribution is -0.132. The molecular formula is C31H41ClN6O3S. The number of anilines is 1. The number of pyridine rings is 1. The van der Waals surface area contributed by atoms with E-state index >= 15 is 0 Å². The molecule has 42 heavy (non-hydrogen) atoms. The number of likely N-dealkylation sites (tertiary alicyclic amines) is 1. The predicted octanol–water partition coefficient (Wildman–Crippen LogP) is 4.73. The lowest BCUT2D eigenvalue weighted by atomic mass is 9.81. The maximum Gasteiger partial charge on any atom is 0.245 e. The standard InChI is InChI=1S/C31H41ClN6O3S/c1-20(2)37(4)24-10-11-28(23(14-24)18-42(40,41)25-8-6-5-7-9-25)38-13-12-27(31(38)39)36-30-26-15-22(21(3)16-32)17-33-29(26)34-19-35-30/h5-9,15,17,19-21,23-24,27-28H,10-14,16,18H2,1-4H3,(H,33,34,35,36)/t21?,23-,24+,27-,28-/m0/s1. The molecule has 1 aliphatic carbocycles. The average molecular weight is 613 g/mol. The number of fused-ring (bicyclic) bond motifs is 1. The third-order valence-corrected chi connectivity index (χ3v) is 11.4. The highest BCUT2D eigenvalue weighted by Crippen LogP contribution is 2.36. The van der Waals surface area contributed by atoms with E-state index in [0.29, 0.717) is 41.2 Å². The Balaban J connectivity index is 1.37. The largest absolute Gasteiger partial charge is 0.358 e. The Morgan fingerprint density at radius 1 is 1.10 bits per heavy atom. The molecule has 5 rings (SSSR count). The van der Waals surface area contributed by atoms with Crippen molar-refractivity contribution in [2.24, 2.45) is 5.92 Å². The Morgan fingerprint density at radius 3 is 2.57 bits per heavy atom. The van der Waals surface area contributed by atoms with Crippen LogP contribution in [-0.4, -0.2) is 88.5 Å². The summed E-state index contributed by atoms with van der Waals surface area (Å²) in [6.07, 6.45) is 6.28. The summed E-state index contributed by atoms with van der Waals surface area (Å²) in [6, 6.07) is 10.7. The minimum absolute atomic E-state index is 0.0113. The van der Waals surface area contributed by atoms with Crippen molar-refractivity contribution in [2.75, 3.05) is 30.5 Å². The number of carbonyl (C=O) groups excluding carboxylic acids is 1. The average Bonchev–Trinajstić information content (AvgIpc) is 3.35. The van der Waals surface area contributed by atoms with Gasteiger partial charge in [-0.05, 0) is 82.2 Å². The van der Waals surface area contributed by atoms with Gasteiger partial charge >= 0.3 is 0 Å². The summed E-state index contributed by atoms with van der Waals surface area (Å²) in [5, 5.41) is 4.13. The molecule has 1 aliphatic heterocycles. The second-order valence-corrected chi connectivity index (χ2v) is 14.4. The maximum atomic E-state index is 13.9. The second-order valence-electron chi connectivity index (χ2n) is 12.1. The van der Waals surface area contributed by atoms with E-state index in [4.69, 9.17) is 11.6 Å². The fraction of sp³-hybridized carbons (Fsp3) is 0.548. The minimum Gasteiger partial charge on any atom is -0.358 e. The monoisotopic (exact) mass is 612 g/mol. The van der Waals surface area contributed by atoms with Crippen LogP contribution in [0.2, 0.25) is 0 Å². The molecule has 11 heteroatoms. The number of rotatable bonds is 10. The lowest BCUT2D eigenvalue weighted by Gasteiger charge is -2.44. The topological polar surface area (TPSA) is 108 Å². The van der Waals surface area contributed by atoms with Crippen LogP contribution in [0.3, 0.4) is 0 Å². The first-order valence-corrected chi connectivity index (χ1v) is 17.0. The summed E-state index contributed by atoms with van der Waals surface area (Å²) in [4.78, 5) is 31.7. The third-order valence-electron chi connectivity index (χ3n) is 9.10. The third kappa shape index (κ3) is 6.40. The van der Waals surface area contributed by atoms with Crippen LogP contribution in [0.4, 0.5) is 5.82 Å². The number of nitrogens with one attached hydrogen (secondary N) is 1. The highest BCUT2D eigenvalue weighted by molar-refractivity contribution is 7.91. The van der Waals surface area contributed by atoms with Crippen LogP contribution in [0.5, 0.6) is 0 Å². The van der Waals surface area contributed by atoms with Crippen LogP contribution in [-0.2, 0) is 14.6 Å². The van der Waals surface area contributed by atoms with Crippen LogP contribution in [0.25, 0.3) is 11.0 Å². The molecule has 1 aromatic carbocycles. The highest BCUT2D eigenvalue weighted by Gasteiger charge is 2.44. The fourth-order valence-corrected chi connectivity index (χ4v) is 8.24. The van der Waals surface area contributed by atoms with Gasteiger partial charge in [-0.1, -0.05) is 25.1 Å². The van der Waals surface area contributed by atoms with Crippen LogP contribution in [0, 0.1) is 5.92 Å². The molecule has 2 aromatic heterocycles. The minimum atomic E-state index is -3.51. The summed E-state index contributed by atoms with van der Waals surface area (Å²) >= 11 is 6.09. The Bertz CT molecular complexity index is 1510. The number of sulfone groups is 1. The molecule has 1 saturated carbocycles. The van der Waals surface area contributed by atoms with Gasteiger partial charge in [-0.3, -0.25) is 4.79 Å². The smallest absolute Gasteiger partial charge is 0.245 e. The van der Waals surface area contributed by atoms with Gasteiger partial charge in [-0.2, -0.15) is 0 Å². The van der Waals surface area contributed by atoms with Crippen molar-refractivity contribution in [3.8, 4) is 0 Å². The molecule has 2 fully saturated rings. The summed E-state index contributed by atoms with van der Waals surface area (Å²) < 4.78 is 27.0. The number of nitrogens with zero attached hydrogens (tertiary/aromatic N) is 5. The van der Waals surface area contributed by atoms with Crippen LogP contribution < -0.4 is 5.32 Å². The van der Waals surface area contributed by atoms with Crippen molar-refractivity contribution in [2.45, 2.75) is 81.4 Å². The van der Waals surface area contributed by atoms with Crippen LogP contribution in [0.1, 0.15) is 57.9 Å². The van der Waals surface area contributed by atoms with Crippen LogP contribution in [0.15, 0.2) is 53.8 Å². The van der Waals surface area contributed by atoms with Gasteiger partial charge in [0.15, 0.2) is 15.5 Å². The number of halogens is 1. The zero-order valence-electron chi connectivity index (χ0n) is 24.8. The molecule has 9 nitrogen and oxygen atoms in total. The van der Waals surface area contributed by atoms with E-state index in [-0.39, 0.29) is 35.6 Å². The molecule has 1 amide bonds. The first kappa shape index (κ1) is 30.6. The Hall–Kier alpha value is -2.82. The molecule has 1 N–H and O–H groups in total. The van der Waals surface area contributed by atoms with E-state index in [0.717, 1.165) is 30.2 Å². The molecule has 3 heterocycles. The second kappa shape index (κ2) is 12.8. The van der Waals surface area contributed by atoms with Gasteiger partial charge in [0.2, 0.25) is 5.91 Å². The number of hydrogen-bond donors (Lipinski definition) is 1. The van der Waals surface area contributed by atoms with Gasteiger partial charge in [0.05, 0.1) is 16.0 Å². The Morgan fingerprint density at radius 2 is 1.86 bits per heavy atom. The molecule has 3 aromatic rings. The molecule has 1 unspecified atom stereocenters. The van der Waals surface area contributed by atoms with E-state index in [9.17, 15) is 13.2 Å². The lowest BCUT2D eigenvalue weighted by Crippen LogP contribution is -2.52. The molecule has 0 radical (unpaired) electrons. The maximum absolute atomic E-state index is 13.9. The number of alkyl halides is 1. The van der Waals surface area contributed by atoms with Gasteiger partial charge in [0.25, 0.3) is 0 Å². The van der Waals surface area contributed by atoms with Crippen molar-refractivity contribution < 1.29 is 13.2 Å². The summed E-state index contributed by atoms with van der Waals surface area (Å²) in [5.41, 5.74) is 1.54. The van der Waals surface area contributed by atoms with E-state index < -0.39 is 15.9 Å². The van der Waals surface area contributed by atoms with E-state index in [1.54, 1.807) is 30.5 Å². The summed E-state index contributed by atoms with van der Waals surface area (Å²) in [6.45, 7) is 6.93. The molecule has 226 valence electrons. The van der Waals surface area contributed by atoms with E-state index in [1.165, 1.54) is 6.33 Å². The van der Waals surface area contributed by atoms with Gasteiger partial charge < -0.3 is 15.1 Å². The van der Waals surface area contributed by atoms with Crippen molar-refractivity contribution >= 4 is 44.2 Å². The predicted molar refractivity (Wildman–Crippen MR) is 167 cm³/mol. The number of carbonyl (C=O) groups is 1. The highest BCUT2D eigenvalue weighted by atomic mass is 35.5. The molecule has 0 spiro atoms. The molecular weight excluding hydrogens is 572 g/mol. The number of hydrogen-bond acceptors (Lipinski definition) is 8. The first-order chi connectivity index (χ1) is 20.1. The summed E-state index contributed by atoms with van der Waals surface area (Å²) in [5.74, 6) is 1.01. The molecule has 1 saturated heterocycles. The van der Waals surface area contributed by atoms with Crippen molar-refractivity contribution in [1.29, 1.82) is 0 Å². The normalized spacial score (nSPS) is 24.1. The molecule has 5 atom stereocenters. The summed E-state index contributed by atoms with van der Waals surface area (Å²) in [7, 11) is -1.40. The van der Waals surface area contributed by atoms with Crippen molar-refractivity contribution in [3.05, 3.63) is 54.5 Å². The van der Waals surface area contributed by atoms with Crippen molar-refractivity contribution in [1.82, 2.24) is 24.8 Å². The van der Waals surface area contributed by atoms with E-state index in [1.807, 2.05) is 24.0 Å². The first-order valence-electron chi connectivity index (χ1n) is 14.8. The van der Waals surface area contributed by atoms with Gasteiger partial charge in [-0.15, -0.1) is 11.6 Å². The molecule has 2 aliphatic rings. The Kier molecular flexibility index (Phi) is 9.34. The fourth-order valence-electron chi connectivity index (χ4n) is 6.38. The Labute approximate surface area is 254 Å². The number of benzene rings is 1. The SMILES string of the molecule is CC(CCl)c1cnc2ncnc(N[C@H]3CCN([C@H]4CC[C@@H](N(C)C(C)C)C[C@H]4CS(=O)(=O)c4ccccc4)C3=O)c2c1. The number of aromatic nitrogens is 3. The van der Waals surface area contributed by atoms with Gasteiger partial charge in [0.1, 0.15) is 18.2 Å². The van der Waals surface area contributed by atoms with Crippen molar-refractivity contribution in [3.63, 3.8) is 0 Å². The molecule has 0 bridgehead atoms. The van der Waals surface area contributed by atoms with Gasteiger partial charge in [-0.25, -0.2) is 23.4 Å². The van der Waals surface area contributed by atoms with E-state index in [2.05, 4.69) is 46.1 Å². The quantitative estimate of drug-likeness (QED) is 0.327. The van der Waals surface area contributed by atoms with Gasteiger partial charge in [0, 0.05) is 36.7 Å².